The van der Waals surface area contributed by atoms with Crippen LogP contribution in [0.1, 0.15) is 44.8 Å². The minimum absolute atomic E-state index is 0.0476. The molecule has 6 nitrogen and oxygen atoms in total. The molecule has 2 unspecified atom stereocenters. The first-order chi connectivity index (χ1) is 12.5. The molecule has 1 N–H and O–H groups in total. The van der Waals surface area contributed by atoms with Crippen molar-refractivity contribution in [3.05, 3.63) is 41.9 Å². The molecule has 0 bridgehead atoms. The fourth-order valence-electron chi connectivity index (χ4n) is 3.83. The zero-order chi connectivity index (χ0) is 18.7. The molecule has 1 saturated heterocycles. The highest BCUT2D eigenvalue weighted by molar-refractivity contribution is 5.62. The molecule has 1 aromatic rings. The largest absolute Gasteiger partial charge is 0.511 e. The molecule has 4 atom stereocenters. The first kappa shape index (κ1) is 18.9. The summed E-state index contributed by atoms with van der Waals surface area (Å²) in [5.41, 5.74) is 0.328. The topological polar surface area (TPSA) is 73.6 Å². The molecule has 142 valence electrons. The molecule has 2 aliphatic rings. The maximum Gasteiger partial charge on any atom is 0.133 e. The van der Waals surface area contributed by atoms with Crippen molar-refractivity contribution in [3.63, 3.8) is 0 Å². The van der Waals surface area contributed by atoms with Crippen molar-refractivity contribution in [1.29, 1.82) is 0 Å². The van der Waals surface area contributed by atoms with Crippen molar-refractivity contribution in [2.75, 3.05) is 19.8 Å². The molecular weight excluding hydrogens is 332 g/mol. The Hall–Kier alpha value is -1.92. The third kappa shape index (κ3) is 3.62. The van der Waals surface area contributed by atoms with Gasteiger partial charge in [0.05, 0.1) is 13.2 Å². The van der Waals surface area contributed by atoms with Gasteiger partial charge in [0.25, 0.3) is 0 Å². The van der Waals surface area contributed by atoms with Crippen molar-refractivity contribution in [1.82, 2.24) is 9.78 Å². The monoisotopic (exact) mass is 360 g/mol. The van der Waals surface area contributed by atoms with Crippen LogP contribution >= 0.6 is 0 Å². The maximum atomic E-state index is 11.5. The van der Waals surface area contributed by atoms with Crippen molar-refractivity contribution in [2.24, 2.45) is 11.8 Å². The fourth-order valence-corrected chi connectivity index (χ4v) is 3.83. The summed E-state index contributed by atoms with van der Waals surface area (Å²) >= 11 is 0. The van der Waals surface area contributed by atoms with Gasteiger partial charge in [0, 0.05) is 30.5 Å². The summed E-state index contributed by atoms with van der Waals surface area (Å²) in [6.45, 7) is 7.91. The van der Waals surface area contributed by atoms with Gasteiger partial charge in [-0.05, 0) is 45.3 Å². The molecule has 1 aliphatic heterocycles. The Labute approximate surface area is 154 Å². The molecule has 1 aliphatic carbocycles. The van der Waals surface area contributed by atoms with Gasteiger partial charge in [-0.15, -0.1) is 0 Å². The van der Waals surface area contributed by atoms with E-state index in [0.29, 0.717) is 19.8 Å². The predicted octanol–water partition coefficient (Wildman–Crippen LogP) is 3.19. The number of aliphatic hydroxyl groups is 1. The van der Waals surface area contributed by atoms with E-state index in [-0.39, 0.29) is 23.6 Å². The van der Waals surface area contributed by atoms with Gasteiger partial charge in [-0.2, -0.15) is 5.10 Å². The van der Waals surface area contributed by atoms with Crippen LogP contribution < -0.4 is 0 Å². The number of aldehydes is 1. The standard InChI is InChI=1S/C20H28N2O4/c1-14(2)22-18(6-9-21-22)16-13-25-10-7-15(16)12-26-20(3)8-4-5-19(24)17(20)11-23/h4-6,8-9,11,14-17,24H,7,10,12-13H2,1-3H3/t15-,16+,17?,20?/m1/s1. The van der Waals surface area contributed by atoms with Gasteiger partial charge >= 0.3 is 0 Å². The van der Waals surface area contributed by atoms with E-state index in [4.69, 9.17) is 9.47 Å². The zero-order valence-corrected chi connectivity index (χ0v) is 15.7. The smallest absolute Gasteiger partial charge is 0.133 e. The highest BCUT2D eigenvalue weighted by atomic mass is 16.5. The van der Waals surface area contributed by atoms with Crippen LogP contribution in [0, 0.1) is 11.8 Å². The zero-order valence-electron chi connectivity index (χ0n) is 15.7. The molecule has 0 saturated carbocycles. The van der Waals surface area contributed by atoms with E-state index in [0.717, 1.165) is 18.4 Å². The van der Waals surface area contributed by atoms with Gasteiger partial charge in [0.2, 0.25) is 0 Å². The minimum Gasteiger partial charge on any atom is -0.511 e. The number of aromatic nitrogens is 2. The van der Waals surface area contributed by atoms with Gasteiger partial charge in [-0.3, -0.25) is 4.68 Å². The summed E-state index contributed by atoms with van der Waals surface area (Å²) in [7, 11) is 0. The van der Waals surface area contributed by atoms with Crippen LogP contribution in [0.15, 0.2) is 36.3 Å². The van der Waals surface area contributed by atoms with Gasteiger partial charge in [0.15, 0.2) is 0 Å². The van der Waals surface area contributed by atoms with Crippen LogP contribution in [0.3, 0.4) is 0 Å². The molecule has 1 fully saturated rings. The molecule has 0 radical (unpaired) electrons. The number of hydrogen-bond donors (Lipinski definition) is 1. The number of aliphatic hydroxyl groups excluding tert-OH is 1. The van der Waals surface area contributed by atoms with Crippen LogP contribution in [0.2, 0.25) is 0 Å². The lowest BCUT2D eigenvalue weighted by atomic mass is 9.83. The summed E-state index contributed by atoms with van der Waals surface area (Å²) in [6, 6.07) is 2.33. The van der Waals surface area contributed by atoms with Crippen molar-refractivity contribution in [2.45, 2.75) is 44.8 Å². The lowest BCUT2D eigenvalue weighted by Gasteiger charge is -2.38. The first-order valence-corrected chi connectivity index (χ1v) is 9.25. The van der Waals surface area contributed by atoms with E-state index in [1.165, 1.54) is 0 Å². The fraction of sp³-hybridized carbons (Fsp3) is 0.600. The van der Waals surface area contributed by atoms with E-state index < -0.39 is 11.5 Å². The van der Waals surface area contributed by atoms with Crippen LogP contribution in [0.25, 0.3) is 0 Å². The van der Waals surface area contributed by atoms with Crippen molar-refractivity contribution < 1.29 is 19.4 Å². The van der Waals surface area contributed by atoms with Gasteiger partial charge < -0.3 is 19.4 Å². The average Bonchev–Trinajstić information content (AvgIpc) is 3.10. The van der Waals surface area contributed by atoms with E-state index >= 15 is 0 Å². The molecule has 6 heteroatoms. The van der Waals surface area contributed by atoms with Gasteiger partial charge in [0.1, 0.15) is 23.6 Å². The van der Waals surface area contributed by atoms with E-state index in [9.17, 15) is 9.90 Å². The van der Waals surface area contributed by atoms with Crippen molar-refractivity contribution in [3.8, 4) is 0 Å². The van der Waals surface area contributed by atoms with Crippen LogP contribution in [0.4, 0.5) is 0 Å². The van der Waals surface area contributed by atoms with E-state index in [1.807, 2.05) is 23.9 Å². The highest BCUT2D eigenvalue weighted by Gasteiger charge is 2.39. The molecule has 3 rings (SSSR count). The number of rotatable bonds is 6. The molecule has 2 heterocycles. The number of ether oxygens (including phenoxy) is 2. The molecular formula is C20H28N2O4. The van der Waals surface area contributed by atoms with Crippen LogP contribution in [-0.4, -0.2) is 46.6 Å². The third-order valence-corrected chi connectivity index (χ3v) is 5.44. The van der Waals surface area contributed by atoms with E-state index in [2.05, 4.69) is 25.0 Å². The average molecular weight is 360 g/mol. The lowest BCUT2D eigenvalue weighted by molar-refractivity contribution is -0.122. The predicted molar refractivity (Wildman–Crippen MR) is 98.0 cm³/mol. The molecule has 26 heavy (non-hydrogen) atoms. The summed E-state index contributed by atoms with van der Waals surface area (Å²) in [4.78, 5) is 11.5. The van der Waals surface area contributed by atoms with Gasteiger partial charge in [-0.1, -0.05) is 12.2 Å². The minimum atomic E-state index is -0.832. The summed E-state index contributed by atoms with van der Waals surface area (Å²) in [6.07, 6.45) is 8.61. The first-order valence-electron chi connectivity index (χ1n) is 9.25. The summed E-state index contributed by atoms with van der Waals surface area (Å²) in [5.74, 6) is -0.162. The quantitative estimate of drug-likeness (QED) is 0.789. The second kappa shape index (κ2) is 7.76. The Kier molecular flexibility index (Phi) is 5.63. The number of allylic oxidation sites excluding steroid dienone is 2. The number of carbonyl (C=O) groups excluding carboxylic acids is 1. The number of nitrogens with zero attached hydrogens (tertiary/aromatic N) is 2. The second-order valence-corrected chi connectivity index (χ2v) is 7.58. The Morgan fingerprint density at radius 3 is 3.08 bits per heavy atom. The third-order valence-electron chi connectivity index (χ3n) is 5.44. The number of hydrogen-bond acceptors (Lipinski definition) is 5. The normalized spacial score (nSPS) is 31.8. The molecule has 0 amide bonds. The lowest BCUT2D eigenvalue weighted by Crippen LogP contribution is -2.42. The SMILES string of the molecule is CC(C)n1nccc1[C@H]1COCC[C@@H]1COC1(C)C=CC=C(O)C1C=O. The second-order valence-electron chi connectivity index (χ2n) is 7.58. The summed E-state index contributed by atoms with van der Waals surface area (Å²) in [5, 5.41) is 14.5. The molecule has 1 aromatic heterocycles. The van der Waals surface area contributed by atoms with E-state index in [1.54, 1.807) is 12.2 Å². The Morgan fingerprint density at radius 2 is 2.35 bits per heavy atom. The van der Waals surface area contributed by atoms with Gasteiger partial charge in [-0.25, -0.2) is 0 Å². The van der Waals surface area contributed by atoms with Crippen LogP contribution in [-0.2, 0) is 14.3 Å². The molecule has 0 spiro atoms. The van der Waals surface area contributed by atoms with Crippen molar-refractivity contribution >= 4 is 6.29 Å². The Balaban J connectivity index is 1.75. The molecule has 0 aromatic carbocycles. The maximum absolute atomic E-state index is 11.5. The Morgan fingerprint density at radius 1 is 1.54 bits per heavy atom. The summed E-state index contributed by atoms with van der Waals surface area (Å²) < 4.78 is 14.0. The number of carbonyl (C=O) groups is 1. The Bertz CT molecular complexity index is 694. The van der Waals surface area contributed by atoms with Crippen LogP contribution in [0.5, 0.6) is 0 Å². The highest BCUT2D eigenvalue weighted by Crippen LogP contribution is 2.36.